The van der Waals surface area contributed by atoms with Crippen molar-refractivity contribution in [3.63, 3.8) is 0 Å². The number of rotatable bonds is 6. The highest BCUT2D eigenvalue weighted by Crippen LogP contribution is 2.23. The number of ether oxygens (including phenoxy) is 1. The molecule has 0 heterocycles. The molecule has 1 rings (SSSR count). The minimum absolute atomic E-state index is 0.0177. The largest absolute Gasteiger partial charge is 0.462 e. The van der Waals surface area contributed by atoms with Crippen LogP contribution in [0, 0.1) is 11.3 Å². The van der Waals surface area contributed by atoms with Gasteiger partial charge in [-0.25, -0.2) is 4.79 Å². The zero-order valence-electron chi connectivity index (χ0n) is 12.1. The van der Waals surface area contributed by atoms with Crippen LogP contribution in [-0.4, -0.2) is 18.4 Å². The van der Waals surface area contributed by atoms with Crippen molar-refractivity contribution in [3.8, 4) is 0 Å². The van der Waals surface area contributed by atoms with Crippen LogP contribution < -0.4 is 0 Å². The van der Waals surface area contributed by atoms with Gasteiger partial charge in [-0.2, -0.15) is 0 Å². The summed E-state index contributed by atoms with van der Waals surface area (Å²) in [4.78, 5) is 23.5. The summed E-state index contributed by atoms with van der Waals surface area (Å²) in [7, 11) is 0. The van der Waals surface area contributed by atoms with E-state index in [1.807, 2.05) is 33.8 Å². The first kappa shape index (κ1) is 15.4. The number of esters is 1. The Morgan fingerprint density at radius 3 is 2.26 bits per heavy atom. The van der Waals surface area contributed by atoms with Crippen molar-refractivity contribution < 1.29 is 14.3 Å². The lowest BCUT2D eigenvalue weighted by atomic mass is 9.85. The first-order valence-electron chi connectivity index (χ1n) is 6.57. The van der Waals surface area contributed by atoms with Gasteiger partial charge in [0, 0.05) is 17.8 Å². The van der Waals surface area contributed by atoms with Crippen LogP contribution in [0.4, 0.5) is 0 Å². The second-order valence-electron chi connectivity index (χ2n) is 5.90. The molecule has 0 aliphatic heterocycles. The highest BCUT2D eigenvalue weighted by molar-refractivity contribution is 5.89. The second kappa shape index (κ2) is 6.50. The van der Waals surface area contributed by atoms with Gasteiger partial charge in [-0.3, -0.25) is 4.79 Å². The highest BCUT2D eigenvalue weighted by atomic mass is 16.5. The van der Waals surface area contributed by atoms with Gasteiger partial charge in [-0.1, -0.05) is 45.9 Å². The predicted molar refractivity (Wildman–Crippen MR) is 75.0 cm³/mol. The van der Waals surface area contributed by atoms with E-state index in [9.17, 15) is 9.59 Å². The molecule has 0 aromatic heterocycles. The fourth-order valence-corrected chi connectivity index (χ4v) is 1.65. The van der Waals surface area contributed by atoms with Crippen molar-refractivity contribution in [1.29, 1.82) is 0 Å². The Morgan fingerprint density at radius 1 is 1.16 bits per heavy atom. The molecule has 1 aromatic rings. The number of Topliss-reactive ketones (excluding diaryl/α,β-unsaturated/α-hetero) is 1. The Morgan fingerprint density at radius 2 is 1.74 bits per heavy atom. The van der Waals surface area contributed by atoms with E-state index in [2.05, 4.69) is 0 Å². The van der Waals surface area contributed by atoms with Gasteiger partial charge in [0.15, 0.2) is 0 Å². The van der Waals surface area contributed by atoms with Crippen molar-refractivity contribution in [2.24, 2.45) is 11.3 Å². The molecule has 0 radical (unpaired) electrons. The van der Waals surface area contributed by atoms with Gasteiger partial charge in [0.25, 0.3) is 0 Å². The van der Waals surface area contributed by atoms with Crippen LogP contribution >= 0.6 is 0 Å². The monoisotopic (exact) mass is 262 g/mol. The highest BCUT2D eigenvalue weighted by Gasteiger charge is 2.25. The van der Waals surface area contributed by atoms with Crippen LogP contribution in [0.3, 0.4) is 0 Å². The van der Waals surface area contributed by atoms with E-state index in [1.165, 1.54) is 0 Å². The van der Waals surface area contributed by atoms with E-state index in [0.717, 1.165) is 0 Å². The maximum Gasteiger partial charge on any atom is 0.338 e. The second-order valence-corrected chi connectivity index (χ2v) is 5.90. The Kier molecular flexibility index (Phi) is 5.28. The fraction of sp³-hybridized carbons (Fsp3) is 0.500. The number of hydrogen-bond donors (Lipinski definition) is 0. The van der Waals surface area contributed by atoms with Gasteiger partial charge in [-0.15, -0.1) is 0 Å². The van der Waals surface area contributed by atoms with E-state index in [1.54, 1.807) is 24.3 Å². The molecular formula is C16H22O3. The Labute approximate surface area is 115 Å². The smallest absolute Gasteiger partial charge is 0.338 e. The molecule has 1 aromatic carbocycles. The summed E-state index contributed by atoms with van der Waals surface area (Å²) in [6.45, 7) is 7.89. The summed E-state index contributed by atoms with van der Waals surface area (Å²) in [5, 5.41) is 0. The van der Waals surface area contributed by atoms with Crippen molar-refractivity contribution in [1.82, 2.24) is 0 Å². The van der Waals surface area contributed by atoms with Crippen LogP contribution in [0.25, 0.3) is 0 Å². The molecule has 3 nitrogen and oxygen atoms in total. The van der Waals surface area contributed by atoms with Crippen LogP contribution in [0.5, 0.6) is 0 Å². The molecule has 19 heavy (non-hydrogen) atoms. The van der Waals surface area contributed by atoms with Crippen LogP contribution in [0.1, 0.15) is 44.5 Å². The number of hydrogen-bond acceptors (Lipinski definition) is 3. The lowest BCUT2D eigenvalue weighted by Crippen LogP contribution is -2.26. The van der Waals surface area contributed by atoms with E-state index in [-0.39, 0.29) is 29.7 Å². The summed E-state index contributed by atoms with van der Waals surface area (Å²) in [6.07, 6.45) is 0.423. The van der Waals surface area contributed by atoms with Gasteiger partial charge in [0.2, 0.25) is 0 Å². The zero-order valence-corrected chi connectivity index (χ0v) is 12.1. The maximum atomic E-state index is 11.8. The summed E-state index contributed by atoms with van der Waals surface area (Å²) in [6, 6.07) is 8.87. The third-order valence-corrected chi connectivity index (χ3v) is 2.90. The lowest BCUT2D eigenvalue weighted by Gasteiger charge is -2.24. The molecule has 0 saturated heterocycles. The lowest BCUT2D eigenvalue weighted by molar-refractivity contribution is -0.124. The van der Waals surface area contributed by atoms with Gasteiger partial charge in [0.05, 0.1) is 12.2 Å². The van der Waals surface area contributed by atoms with E-state index >= 15 is 0 Å². The molecule has 0 fully saturated rings. The number of benzene rings is 1. The molecule has 0 aliphatic carbocycles. The molecule has 0 bridgehead atoms. The SMILES string of the molecule is CC(C)C(=O)CC(C)(C)COC(=O)c1ccccc1. The number of carbonyl (C=O) groups is 2. The van der Waals surface area contributed by atoms with E-state index in [4.69, 9.17) is 4.74 Å². The van der Waals surface area contributed by atoms with E-state index < -0.39 is 0 Å². The van der Waals surface area contributed by atoms with Gasteiger partial charge < -0.3 is 4.74 Å². The molecule has 0 saturated carbocycles. The van der Waals surface area contributed by atoms with Crippen molar-refractivity contribution in [3.05, 3.63) is 35.9 Å². The van der Waals surface area contributed by atoms with Gasteiger partial charge in [-0.05, 0) is 12.1 Å². The van der Waals surface area contributed by atoms with Crippen LogP contribution in [0.2, 0.25) is 0 Å². The summed E-state index contributed by atoms with van der Waals surface area (Å²) in [5.41, 5.74) is 0.208. The molecule has 0 unspecified atom stereocenters. The molecule has 0 amide bonds. The molecule has 0 aliphatic rings. The topological polar surface area (TPSA) is 43.4 Å². The molecule has 0 atom stereocenters. The first-order chi connectivity index (χ1) is 8.82. The van der Waals surface area contributed by atoms with Crippen molar-refractivity contribution in [2.45, 2.75) is 34.1 Å². The Balaban J connectivity index is 2.51. The zero-order chi connectivity index (χ0) is 14.5. The van der Waals surface area contributed by atoms with Gasteiger partial charge in [0.1, 0.15) is 5.78 Å². The minimum Gasteiger partial charge on any atom is -0.462 e. The normalized spacial score (nSPS) is 11.4. The van der Waals surface area contributed by atoms with Crippen LogP contribution in [-0.2, 0) is 9.53 Å². The third-order valence-electron chi connectivity index (χ3n) is 2.90. The molecular weight excluding hydrogens is 240 g/mol. The fourth-order valence-electron chi connectivity index (χ4n) is 1.65. The standard InChI is InChI=1S/C16H22O3/c1-12(2)14(17)10-16(3,4)11-19-15(18)13-8-6-5-7-9-13/h5-9,12H,10-11H2,1-4H3. The summed E-state index contributed by atoms with van der Waals surface area (Å²) in [5.74, 6) is -0.129. The molecule has 104 valence electrons. The Bertz CT molecular complexity index is 433. The van der Waals surface area contributed by atoms with E-state index in [0.29, 0.717) is 12.0 Å². The average molecular weight is 262 g/mol. The van der Waals surface area contributed by atoms with Gasteiger partial charge >= 0.3 is 5.97 Å². The first-order valence-corrected chi connectivity index (χ1v) is 6.57. The summed E-state index contributed by atoms with van der Waals surface area (Å²) >= 11 is 0. The van der Waals surface area contributed by atoms with Crippen molar-refractivity contribution in [2.75, 3.05) is 6.61 Å². The number of ketones is 1. The van der Waals surface area contributed by atoms with Crippen molar-refractivity contribution >= 4 is 11.8 Å². The molecule has 3 heteroatoms. The average Bonchev–Trinajstić information content (AvgIpc) is 2.36. The Hall–Kier alpha value is -1.64. The quantitative estimate of drug-likeness (QED) is 0.737. The third kappa shape index (κ3) is 5.25. The summed E-state index contributed by atoms with van der Waals surface area (Å²) < 4.78 is 5.28. The van der Waals surface area contributed by atoms with Crippen LogP contribution in [0.15, 0.2) is 30.3 Å². The molecule has 0 spiro atoms. The maximum absolute atomic E-state index is 11.8. The minimum atomic E-state index is -0.342. The molecule has 0 N–H and O–H groups in total. The number of carbonyl (C=O) groups excluding carboxylic acids is 2. The predicted octanol–water partition coefficient (Wildman–Crippen LogP) is 3.48.